The van der Waals surface area contributed by atoms with Crippen LogP contribution in [0.1, 0.15) is 51.8 Å². The molecule has 5 aromatic rings. The third-order valence-electron chi connectivity index (χ3n) is 6.00. The highest BCUT2D eigenvalue weighted by atomic mass is 15.3. The molecule has 2 aromatic carbocycles. The molecule has 0 bridgehead atoms. The first-order valence-electron chi connectivity index (χ1n) is 12.0. The van der Waals surface area contributed by atoms with E-state index in [9.17, 15) is 5.26 Å². The summed E-state index contributed by atoms with van der Waals surface area (Å²) in [5.41, 5.74) is 6.98. The third-order valence-corrected chi connectivity index (χ3v) is 6.00. The number of aryl methyl sites for hydroxylation is 1. The SMILES string of the molecule is CC(C)c1nn(-c2ccc(C#N)c(NC(C)(C)C)c2)c2cccc(-n3cnc(-c4cnn(C)c4)c3)c12. The molecule has 8 nitrogen and oxygen atoms in total. The van der Waals surface area contributed by atoms with Gasteiger partial charge in [0.1, 0.15) is 6.07 Å². The first-order chi connectivity index (χ1) is 17.1. The summed E-state index contributed by atoms with van der Waals surface area (Å²) in [6.45, 7) is 10.6. The van der Waals surface area contributed by atoms with E-state index in [1.54, 1.807) is 4.68 Å². The molecule has 5 rings (SSSR count). The summed E-state index contributed by atoms with van der Waals surface area (Å²) in [4.78, 5) is 4.63. The van der Waals surface area contributed by atoms with Crippen LogP contribution in [0.25, 0.3) is 33.5 Å². The zero-order valence-electron chi connectivity index (χ0n) is 21.5. The van der Waals surface area contributed by atoms with Gasteiger partial charge in [-0.05, 0) is 57.0 Å². The van der Waals surface area contributed by atoms with Gasteiger partial charge in [-0.1, -0.05) is 19.9 Å². The van der Waals surface area contributed by atoms with Crippen molar-refractivity contribution < 1.29 is 0 Å². The van der Waals surface area contributed by atoms with E-state index in [1.807, 2.05) is 65.5 Å². The fourth-order valence-electron chi connectivity index (χ4n) is 4.42. The van der Waals surface area contributed by atoms with Gasteiger partial charge in [0, 0.05) is 35.9 Å². The Hall–Kier alpha value is -4.38. The molecule has 36 heavy (non-hydrogen) atoms. The van der Waals surface area contributed by atoms with Gasteiger partial charge in [-0.25, -0.2) is 9.67 Å². The second kappa shape index (κ2) is 8.68. The van der Waals surface area contributed by atoms with E-state index >= 15 is 0 Å². The number of fused-ring (bicyclic) bond motifs is 1. The molecule has 0 unspecified atom stereocenters. The summed E-state index contributed by atoms with van der Waals surface area (Å²) in [5.74, 6) is 0.210. The summed E-state index contributed by atoms with van der Waals surface area (Å²) < 4.78 is 5.80. The Kier molecular flexibility index (Phi) is 5.64. The van der Waals surface area contributed by atoms with Crippen molar-refractivity contribution in [3.05, 3.63) is 72.6 Å². The van der Waals surface area contributed by atoms with Gasteiger partial charge >= 0.3 is 0 Å². The molecule has 0 amide bonds. The van der Waals surface area contributed by atoms with E-state index in [0.29, 0.717) is 5.56 Å². The van der Waals surface area contributed by atoms with Crippen molar-refractivity contribution in [1.29, 1.82) is 5.26 Å². The van der Waals surface area contributed by atoms with Gasteiger partial charge in [0.2, 0.25) is 0 Å². The average molecular weight is 479 g/mol. The number of rotatable bonds is 5. The molecule has 182 valence electrons. The van der Waals surface area contributed by atoms with Crippen LogP contribution < -0.4 is 5.32 Å². The van der Waals surface area contributed by atoms with Gasteiger partial charge < -0.3 is 9.88 Å². The van der Waals surface area contributed by atoms with Crippen LogP contribution in [0.3, 0.4) is 0 Å². The van der Waals surface area contributed by atoms with Crippen molar-refractivity contribution in [2.75, 3.05) is 5.32 Å². The highest BCUT2D eigenvalue weighted by molar-refractivity contribution is 5.92. The first-order valence-corrected chi connectivity index (χ1v) is 12.0. The van der Waals surface area contributed by atoms with E-state index in [0.717, 1.165) is 44.9 Å². The first kappa shape index (κ1) is 23.4. The van der Waals surface area contributed by atoms with Gasteiger partial charge in [-0.3, -0.25) is 4.68 Å². The monoisotopic (exact) mass is 478 g/mol. The van der Waals surface area contributed by atoms with E-state index < -0.39 is 0 Å². The number of hydrogen-bond acceptors (Lipinski definition) is 5. The molecular weight excluding hydrogens is 448 g/mol. The molecule has 0 radical (unpaired) electrons. The molecule has 0 aliphatic heterocycles. The average Bonchev–Trinajstić information content (AvgIpc) is 3.56. The van der Waals surface area contributed by atoms with Crippen molar-refractivity contribution in [3.8, 4) is 28.7 Å². The predicted molar refractivity (Wildman–Crippen MR) is 143 cm³/mol. The maximum absolute atomic E-state index is 9.65. The van der Waals surface area contributed by atoms with Gasteiger partial charge in [0.15, 0.2) is 0 Å². The number of anilines is 1. The zero-order valence-corrected chi connectivity index (χ0v) is 21.5. The Balaban J connectivity index is 1.67. The lowest BCUT2D eigenvalue weighted by Gasteiger charge is -2.23. The van der Waals surface area contributed by atoms with Crippen LogP contribution in [-0.4, -0.2) is 34.7 Å². The van der Waals surface area contributed by atoms with Crippen LogP contribution in [0.4, 0.5) is 5.69 Å². The van der Waals surface area contributed by atoms with Gasteiger partial charge in [-0.2, -0.15) is 15.5 Å². The fourth-order valence-corrected chi connectivity index (χ4v) is 4.42. The van der Waals surface area contributed by atoms with Crippen LogP contribution in [0.2, 0.25) is 0 Å². The third kappa shape index (κ3) is 4.24. The quantitative estimate of drug-likeness (QED) is 0.344. The molecule has 0 spiro atoms. The number of hydrogen-bond donors (Lipinski definition) is 1. The molecule has 0 atom stereocenters. The Bertz CT molecular complexity index is 1600. The summed E-state index contributed by atoms with van der Waals surface area (Å²) >= 11 is 0. The lowest BCUT2D eigenvalue weighted by Crippen LogP contribution is -2.26. The Labute approximate surface area is 210 Å². The number of nitrogens with one attached hydrogen (secondary N) is 1. The van der Waals surface area contributed by atoms with Crippen molar-refractivity contribution in [2.24, 2.45) is 7.05 Å². The Morgan fingerprint density at radius 3 is 2.56 bits per heavy atom. The van der Waals surface area contributed by atoms with Gasteiger partial charge in [0.25, 0.3) is 0 Å². The summed E-state index contributed by atoms with van der Waals surface area (Å²) in [6, 6.07) is 14.3. The number of nitrogens with zero attached hydrogens (tertiary/aromatic N) is 7. The normalized spacial score (nSPS) is 11.8. The topological polar surface area (TPSA) is 89.3 Å². The number of aromatic nitrogens is 6. The minimum absolute atomic E-state index is 0.180. The molecule has 3 heterocycles. The minimum atomic E-state index is -0.180. The molecular formula is C28H30N8. The molecule has 3 aromatic heterocycles. The van der Waals surface area contributed by atoms with Gasteiger partial charge in [-0.15, -0.1) is 0 Å². The molecule has 0 saturated carbocycles. The maximum atomic E-state index is 9.65. The lowest BCUT2D eigenvalue weighted by molar-refractivity contribution is 0.633. The second-order valence-electron chi connectivity index (χ2n) is 10.4. The Morgan fingerprint density at radius 1 is 1.08 bits per heavy atom. The summed E-state index contributed by atoms with van der Waals surface area (Å²) in [7, 11) is 1.90. The molecule has 0 aliphatic rings. The van der Waals surface area contributed by atoms with Crippen LogP contribution in [0.15, 0.2) is 61.3 Å². The number of benzene rings is 2. The van der Waals surface area contributed by atoms with Crippen LogP contribution >= 0.6 is 0 Å². The van der Waals surface area contributed by atoms with Crippen LogP contribution in [-0.2, 0) is 7.05 Å². The largest absolute Gasteiger partial charge is 0.379 e. The molecule has 0 saturated heterocycles. The highest BCUT2D eigenvalue weighted by Gasteiger charge is 2.20. The zero-order chi connectivity index (χ0) is 25.6. The standard InChI is InChI=1S/C28H30N8/c1-18(2)27-26-24(35-16-23(30-17-35)20-14-31-34(6)15-20)8-7-9-25(26)36(33-27)21-11-10-19(13-29)22(12-21)32-28(3,4)5/h7-12,14-18,32H,1-6H3. The van der Waals surface area contributed by atoms with E-state index in [-0.39, 0.29) is 11.5 Å². The van der Waals surface area contributed by atoms with E-state index in [1.165, 1.54) is 0 Å². The van der Waals surface area contributed by atoms with E-state index in [4.69, 9.17) is 5.10 Å². The number of nitriles is 1. The fraction of sp³-hybridized carbons (Fsp3) is 0.286. The van der Waals surface area contributed by atoms with Crippen molar-refractivity contribution in [1.82, 2.24) is 29.1 Å². The maximum Gasteiger partial charge on any atom is 0.101 e. The van der Waals surface area contributed by atoms with Crippen molar-refractivity contribution in [3.63, 3.8) is 0 Å². The van der Waals surface area contributed by atoms with Crippen LogP contribution in [0, 0.1) is 11.3 Å². The smallest absolute Gasteiger partial charge is 0.101 e. The molecule has 1 N–H and O–H groups in total. The molecule has 8 heteroatoms. The van der Waals surface area contributed by atoms with Crippen molar-refractivity contribution in [2.45, 2.75) is 46.1 Å². The summed E-state index contributed by atoms with van der Waals surface area (Å²) in [6.07, 6.45) is 7.64. The number of imidazole rings is 1. The minimum Gasteiger partial charge on any atom is -0.379 e. The molecule has 0 aliphatic carbocycles. The summed E-state index contributed by atoms with van der Waals surface area (Å²) in [5, 5.41) is 23.5. The van der Waals surface area contributed by atoms with Crippen LogP contribution in [0.5, 0.6) is 0 Å². The second-order valence-corrected chi connectivity index (χ2v) is 10.4. The predicted octanol–water partition coefficient (Wildman–Crippen LogP) is 5.82. The Morgan fingerprint density at radius 2 is 1.89 bits per heavy atom. The van der Waals surface area contributed by atoms with Crippen molar-refractivity contribution >= 4 is 16.6 Å². The molecule has 0 fully saturated rings. The highest BCUT2D eigenvalue weighted by Crippen LogP contribution is 2.34. The van der Waals surface area contributed by atoms with E-state index in [2.05, 4.69) is 68.2 Å². The van der Waals surface area contributed by atoms with Gasteiger partial charge in [0.05, 0.1) is 52.1 Å². The lowest BCUT2D eigenvalue weighted by atomic mass is 10.0.